The molecule has 2 saturated heterocycles. The highest BCUT2D eigenvalue weighted by atomic mass is 16.7. The molecule has 270 valence electrons. The van der Waals surface area contributed by atoms with Crippen LogP contribution in [-0.2, 0) is 54.0 Å². The Kier molecular flexibility index (Phi) is 12.1. The summed E-state index contributed by atoms with van der Waals surface area (Å²) in [6.07, 6.45) is 2.48. The van der Waals surface area contributed by atoms with Crippen molar-refractivity contribution in [1.82, 2.24) is 15.5 Å². The Balaban J connectivity index is 1.75. The lowest BCUT2D eigenvalue weighted by Crippen LogP contribution is -2.59. The van der Waals surface area contributed by atoms with E-state index in [2.05, 4.69) is 16.6 Å². The molecule has 3 aliphatic heterocycles. The van der Waals surface area contributed by atoms with E-state index in [1.165, 1.54) is 19.9 Å². The van der Waals surface area contributed by atoms with Gasteiger partial charge in [0, 0.05) is 45.2 Å². The van der Waals surface area contributed by atoms with Crippen molar-refractivity contribution in [1.29, 1.82) is 0 Å². The monoisotopic (exact) mass is 700 g/mol. The third-order valence-electron chi connectivity index (χ3n) is 7.98. The summed E-state index contributed by atoms with van der Waals surface area (Å²) in [5.41, 5.74) is -3.75. The molecule has 0 aliphatic carbocycles. The van der Waals surface area contributed by atoms with Crippen LogP contribution in [0.3, 0.4) is 0 Å². The Morgan fingerprint density at radius 2 is 1.72 bits per heavy atom. The summed E-state index contributed by atoms with van der Waals surface area (Å²) in [5, 5.41) is 14.9. The van der Waals surface area contributed by atoms with Crippen molar-refractivity contribution >= 4 is 41.6 Å². The zero-order valence-electron chi connectivity index (χ0n) is 28.0. The topological polar surface area (TPSA) is 209 Å². The van der Waals surface area contributed by atoms with Crippen LogP contribution in [0.5, 0.6) is 0 Å². The minimum Gasteiger partial charge on any atom is -0.463 e. The molecule has 0 radical (unpaired) electrons. The molecule has 0 aromatic heterocycles. The lowest BCUT2D eigenvalue weighted by atomic mass is 9.91. The van der Waals surface area contributed by atoms with Crippen LogP contribution in [-0.4, -0.2) is 115 Å². The molecule has 17 nitrogen and oxygen atoms in total. The van der Waals surface area contributed by atoms with E-state index in [-0.39, 0.29) is 19.2 Å². The van der Waals surface area contributed by atoms with Gasteiger partial charge in [0.25, 0.3) is 5.60 Å². The van der Waals surface area contributed by atoms with Crippen LogP contribution < -0.4 is 15.5 Å². The molecule has 17 heteroatoms. The fraction of sp³-hybridized carbons (Fsp3) is 0.515. The molecule has 3 aliphatic rings. The number of ether oxygens (including phenoxy) is 6. The predicted octanol–water partition coefficient (Wildman–Crippen LogP) is 0.479. The first-order valence-corrected chi connectivity index (χ1v) is 15.9. The van der Waals surface area contributed by atoms with Gasteiger partial charge in [0.1, 0.15) is 12.3 Å². The normalized spacial score (nSPS) is 24.8. The van der Waals surface area contributed by atoms with E-state index in [0.717, 1.165) is 31.4 Å². The van der Waals surface area contributed by atoms with E-state index in [0.29, 0.717) is 24.3 Å². The summed E-state index contributed by atoms with van der Waals surface area (Å²) in [6.45, 7) is 5.14. The Labute approximate surface area is 288 Å². The van der Waals surface area contributed by atoms with Crippen LogP contribution >= 0.6 is 0 Å². The molecule has 0 saturated carbocycles. The van der Waals surface area contributed by atoms with Gasteiger partial charge in [-0.1, -0.05) is 18.1 Å². The number of urea groups is 2. The van der Waals surface area contributed by atoms with Crippen molar-refractivity contribution in [2.75, 3.05) is 37.8 Å². The average molecular weight is 701 g/mol. The number of esters is 4. The minimum absolute atomic E-state index is 0.146. The molecule has 1 aromatic carbocycles. The number of carbonyl (C=O) groups excluding carboxylic acids is 6. The standard InChI is InChI=1S/C33H40N4O13/c1-6-32(50-21(5)39)24(49-27(26(32)48-20(4)38)37-17-14-25(40)35-31(37)44)19-47-33(28(41)45-7-2,29(42)46-8-3)18-22-10-12-23(13-11-22)36-16-9-15-34-30(36)43/h1,10-14,17,24-27,40H,7-9,15-16,18-19H2,2-5H3,(H,34,43)(H,35,44)/t24-,25?,26+,27-,32-/m1/s1. The Morgan fingerprint density at radius 1 is 1.06 bits per heavy atom. The van der Waals surface area contributed by atoms with Gasteiger partial charge in [0.05, 0.1) is 19.8 Å². The first-order valence-electron chi connectivity index (χ1n) is 15.9. The fourth-order valence-electron chi connectivity index (χ4n) is 5.76. The lowest BCUT2D eigenvalue weighted by Gasteiger charge is -2.36. The Morgan fingerprint density at radius 3 is 2.26 bits per heavy atom. The number of aliphatic hydroxyl groups excluding tert-OH is 1. The average Bonchev–Trinajstić information content (AvgIpc) is 3.35. The van der Waals surface area contributed by atoms with E-state index in [1.54, 1.807) is 29.2 Å². The molecule has 0 bridgehead atoms. The third-order valence-corrected chi connectivity index (χ3v) is 7.98. The number of nitrogens with one attached hydrogen (secondary N) is 2. The quantitative estimate of drug-likeness (QED) is 0.111. The van der Waals surface area contributed by atoms with E-state index < -0.39 is 78.8 Å². The van der Waals surface area contributed by atoms with E-state index in [1.807, 2.05) is 0 Å². The van der Waals surface area contributed by atoms with Crippen molar-refractivity contribution in [3.63, 3.8) is 0 Å². The fourth-order valence-corrected chi connectivity index (χ4v) is 5.76. The second kappa shape index (κ2) is 16.0. The number of anilines is 1. The van der Waals surface area contributed by atoms with Crippen LogP contribution in [0.2, 0.25) is 0 Å². The maximum Gasteiger partial charge on any atom is 0.350 e. The molecule has 3 heterocycles. The third kappa shape index (κ3) is 7.83. The molecule has 2 fully saturated rings. The van der Waals surface area contributed by atoms with Gasteiger partial charge in [-0.3, -0.25) is 19.4 Å². The summed E-state index contributed by atoms with van der Waals surface area (Å²) in [4.78, 5) is 79.9. The maximum atomic E-state index is 13.7. The molecule has 5 atom stereocenters. The minimum atomic E-state index is -2.47. The van der Waals surface area contributed by atoms with Gasteiger partial charge in [-0.2, -0.15) is 0 Å². The zero-order chi connectivity index (χ0) is 36.6. The highest BCUT2D eigenvalue weighted by Crippen LogP contribution is 2.40. The Bertz CT molecular complexity index is 1520. The second-order valence-electron chi connectivity index (χ2n) is 11.4. The van der Waals surface area contributed by atoms with Crippen molar-refractivity contribution in [3.05, 3.63) is 42.1 Å². The molecule has 50 heavy (non-hydrogen) atoms. The van der Waals surface area contributed by atoms with E-state index in [4.69, 9.17) is 34.8 Å². The van der Waals surface area contributed by atoms with Crippen molar-refractivity contribution in [2.45, 2.75) is 76.4 Å². The number of aliphatic hydroxyl groups is 1. The molecular formula is C33H40N4O13. The number of terminal acetylenes is 1. The molecule has 3 N–H and O–H groups in total. The van der Waals surface area contributed by atoms with Crippen LogP contribution in [0.25, 0.3) is 0 Å². The summed E-state index contributed by atoms with van der Waals surface area (Å²) in [5.74, 6) is -1.72. The van der Waals surface area contributed by atoms with Crippen LogP contribution in [0.15, 0.2) is 36.5 Å². The number of hydrogen-bond donors (Lipinski definition) is 3. The summed E-state index contributed by atoms with van der Waals surface area (Å²) in [6, 6.07) is 5.36. The van der Waals surface area contributed by atoms with Gasteiger partial charge in [-0.25, -0.2) is 19.2 Å². The van der Waals surface area contributed by atoms with E-state index >= 15 is 0 Å². The largest absolute Gasteiger partial charge is 0.463 e. The number of benzene rings is 1. The second-order valence-corrected chi connectivity index (χ2v) is 11.4. The molecule has 0 spiro atoms. The first-order chi connectivity index (χ1) is 23.8. The number of nitrogens with zero attached hydrogens (tertiary/aromatic N) is 2. The van der Waals surface area contributed by atoms with Crippen molar-refractivity contribution in [2.24, 2.45) is 0 Å². The van der Waals surface area contributed by atoms with Crippen LogP contribution in [0, 0.1) is 12.3 Å². The van der Waals surface area contributed by atoms with Crippen LogP contribution in [0.1, 0.15) is 39.7 Å². The molecule has 1 aromatic rings. The SMILES string of the molecule is C#C[C@@]1(OC(C)=O)[C@@H](COC(Cc2ccc(N3CCCNC3=O)cc2)(C(=O)OCC)C(=O)OCC)O[C@@H](N2C=CC(O)NC2=O)[C@@H]1OC(C)=O. The van der Waals surface area contributed by atoms with Gasteiger partial charge >= 0.3 is 35.9 Å². The van der Waals surface area contributed by atoms with Crippen molar-refractivity contribution in [3.8, 4) is 12.3 Å². The molecule has 1 unspecified atom stereocenters. The first kappa shape index (κ1) is 37.6. The van der Waals surface area contributed by atoms with E-state index in [9.17, 15) is 33.9 Å². The lowest BCUT2D eigenvalue weighted by molar-refractivity contribution is -0.200. The number of amides is 4. The predicted molar refractivity (Wildman–Crippen MR) is 171 cm³/mol. The van der Waals surface area contributed by atoms with Crippen LogP contribution in [0.4, 0.5) is 15.3 Å². The highest BCUT2D eigenvalue weighted by Gasteiger charge is 2.64. The summed E-state index contributed by atoms with van der Waals surface area (Å²) < 4.78 is 33.9. The summed E-state index contributed by atoms with van der Waals surface area (Å²) in [7, 11) is 0. The molecule has 4 amide bonds. The zero-order valence-corrected chi connectivity index (χ0v) is 28.0. The Hall–Kier alpha value is -5.18. The number of hydrogen-bond acceptors (Lipinski definition) is 13. The van der Waals surface area contributed by atoms with Crippen molar-refractivity contribution < 1.29 is 62.3 Å². The van der Waals surface area contributed by atoms with Gasteiger partial charge in [-0.05, 0) is 44.0 Å². The van der Waals surface area contributed by atoms with Gasteiger partial charge in [-0.15, -0.1) is 6.42 Å². The molecule has 4 rings (SSSR count). The number of rotatable bonds is 13. The van der Waals surface area contributed by atoms with Gasteiger partial charge < -0.3 is 44.2 Å². The smallest absolute Gasteiger partial charge is 0.350 e. The highest BCUT2D eigenvalue weighted by molar-refractivity contribution is 6.04. The summed E-state index contributed by atoms with van der Waals surface area (Å²) >= 11 is 0. The molecular weight excluding hydrogens is 660 g/mol. The maximum absolute atomic E-state index is 13.7. The van der Waals surface area contributed by atoms with Gasteiger partial charge in [0.2, 0.25) is 11.7 Å². The number of carbonyl (C=O) groups is 6. The van der Waals surface area contributed by atoms with Gasteiger partial charge in [0.15, 0.2) is 6.23 Å².